The Balaban J connectivity index is 3.96. The normalized spacial score (nSPS) is 13.2. The van der Waals surface area contributed by atoms with E-state index >= 15 is 0 Å². The summed E-state index contributed by atoms with van der Waals surface area (Å²) in [7, 11) is 1.65. The summed E-state index contributed by atoms with van der Waals surface area (Å²) in [6.45, 7) is 5.67. The van der Waals surface area contributed by atoms with Crippen LogP contribution >= 0.6 is 0 Å². The molecule has 0 spiro atoms. The standard InChI is InChI=1S/C10H21NO3/c1-9(8-10(2)13)11(4-6-12)5-7-14-3/h9,12H,4-8H2,1-3H3. The number of methoxy groups -OCH3 is 1. The lowest BCUT2D eigenvalue weighted by atomic mass is 10.1. The second-order valence-electron chi connectivity index (χ2n) is 3.51. The summed E-state index contributed by atoms with van der Waals surface area (Å²) in [5.41, 5.74) is 0. The monoisotopic (exact) mass is 203 g/mol. The van der Waals surface area contributed by atoms with Crippen LogP contribution in [0.15, 0.2) is 0 Å². The summed E-state index contributed by atoms with van der Waals surface area (Å²) in [5.74, 6) is 0.179. The summed E-state index contributed by atoms with van der Waals surface area (Å²) in [6, 6.07) is 0.176. The maximum absolute atomic E-state index is 10.9. The molecular formula is C10H21NO3. The molecule has 84 valence electrons. The lowest BCUT2D eigenvalue weighted by molar-refractivity contribution is -0.118. The number of hydrogen-bond acceptors (Lipinski definition) is 4. The average molecular weight is 203 g/mol. The van der Waals surface area contributed by atoms with Crippen molar-refractivity contribution in [3.05, 3.63) is 0 Å². The van der Waals surface area contributed by atoms with Crippen molar-refractivity contribution in [1.29, 1.82) is 0 Å². The van der Waals surface area contributed by atoms with Gasteiger partial charge in [0.05, 0.1) is 13.2 Å². The van der Waals surface area contributed by atoms with Crippen LogP contribution in [0.4, 0.5) is 0 Å². The lowest BCUT2D eigenvalue weighted by Crippen LogP contribution is -2.38. The van der Waals surface area contributed by atoms with Gasteiger partial charge >= 0.3 is 0 Å². The number of aliphatic hydroxyl groups excluding tert-OH is 1. The van der Waals surface area contributed by atoms with Crippen LogP contribution in [0.25, 0.3) is 0 Å². The Morgan fingerprint density at radius 2 is 2.14 bits per heavy atom. The molecule has 0 aromatic heterocycles. The Kier molecular flexibility index (Phi) is 7.65. The van der Waals surface area contributed by atoms with Gasteiger partial charge in [0.25, 0.3) is 0 Å². The van der Waals surface area contributed by atoms with Crippen molar-refractivity contribution >= 4 is 5.78 Å². The first kappa shape index (κ1) is 13.5. The van der Waals surface area contributed by atoms with Crippen LogP contribution < -0.4 is 0 Å². The molecule has 1 unspecified atom stereocenters. The molecule has 1 N–H and O–H groups in total. The molecule has 14 heavy (non-hydrogen) atoms. The van der Waals surface area contributed by atoms with Crippen molar-refractivity contribution in [1.82, 2.24) is 4.90 Å². The van der Waals surface area contributed by atoms with Crippen molar-refractivity contribution in [2.24, 2.45) is 0 Å². The molecule has 0 saturated carbocycles. The number of hydrogen-bond donors (Lipinski definition) is 1. The van der Waals surface area contributed by atoms with Crippen LogP contribution in [0.3, 0.4) is 0 Å². The van der Waals surface area contributed by atoms with Gasteiger partial charge in [0.1, 0.15) is 5.78 Å². The maximum atomic E-state index is 10.9. The average Bonchev–Trinajstić information content (AvgIpc) is 2.10. The molecule has 0 aliphatic carbocycles. The van der Waals surface area contributed by atoms with Gasteiger partial charge in [-0.15, -0.1) is 0 Å². The molecule has 4 heteroatoms. The van der Waals surface area contributed by atoms with Gasteiger partial charge in [0, 0.05) is 32.7 Å². The molecule has 0 amide bonds. The summed E-state index contributed by atoms with van der Waals surface area (Å²) in [5, 5.41) is 8.85. The van der Waals surface area contributed by atoms with Gasteiger partial charge in [-0.2, -0.15) is 0 Å². The highest BCUT2D eigenvalue weighted by Gasteiger charge is 2.14. The summed E-state index contributed by atoms with van der Waals surface area (Å²) < 4.78 is 4.97. The van der Waals surface area contributed by atoms with Gasteiger partial charge in [-0.3, -0.25) is 9.69 Å². The van der Waals surface area contributed by atoms with Crippen LogP contribution in [0.2, 0.25) is 0 Å². The number of ketones is 1. The SMILES string of the molecule is COCCN(CCO)C(C)CC(C)=O. The third-order valence-electron chi connectivity index (χ3n) is 2.18. The van der Waals surface area contributed by atoms with E-state index in [2.05, 4.69) is 4.90 Å². The van der Waals surface area contributed by atoms with E-state index in [1.807, 2.05) is 6.92 Å². The first-order chi connectivity index (χ1) is 6.61. The summed E-state index contributed by atoms with van der Waals surface area (Å²) >= 11 is 0. The van der Waals surface area contributed by atoms with Gasteiger partial charge in [-0.05, 0) is 13.8 Å². The Labute approximate surface area is 85.9 Å². The molecule has 4 nitrogen and oxygen atoms in total. The number of aliphatic hydroxyl groups is 1. The first-order valence-electron chi connectivity index (χ1n) is 4.95. The van der Waals surface area contributed by atoms with Crippen LogP contribution in [0.1, 0.15) is 20.3 Å². The number of ether oxygens (including phenoxy) is 1. The van der Waals surface area contributed by atoms with E-state index < -0.39 is 0 Å². The minimum atomic E-state index is 0.117. The molecule has 0 rings (SSSR count). The molecule has 0 heterocycles. The van der Waals surface area contributed by atoms with E-state index in [1.54, 1.807) is 14.0 Å². The second-order valence-corrected chi connectivity index (χ2v) is 3.51. The van der Waals surface area contributed by atoms with Crippen LogP contribution in [0, 0.1) is 0 Å². The Bertz CT molecular complexity index is 161. The van der Waals surface area contributed by atoms with Gasteiger partial charge in [-0.25, -0.2) is 0 Å². The van der Waals surface area contributed by atoms with Crippen molar-refractivity contribution < 1.29 is 14.6 Å². The van der Waals surface area contributed by atoms with Crippen LogP contribution in [-0.4, -0.2) is 55.2 Å². The molecule has 0 saturated heterocycles. The van der Waals surface area contributed by atoms with Crippen molar-refractivity contribution in [2.75, 3.05) is 33.4 Å². The topological polar surface area (TPSA) is 49.8 Å². The van der Waals surface area contributed by atoms with E-state index in [1.165, 1.54) is 0 Å². The number of carbonyl (C=O) groups excluding carboxylic acids is 1. The fraction of sp³-hybridized carbons (Fsp3) is 0.900. The predicted molar refractivity (Wildman–Crippen MR) is 55.3 cm³/mol. The minimum Gasteiger partial charge on any atom is -0.395 e. The van der Waals surface area contributed by atoms with Crippen LogP contribution in [0.5, 0.6) is 0 Å². The Morgan fingerprint density at radius 1 is 1.50 bits per heavy atom. The van der Waals surface area contributed by atoms with Crippen molar-refractivity contribution in [2.45, 2.75) is 26.3 Å². The molecule has 0 aromatic rings. The molecule has 0 aromatic carbocycles. The molecule has 1 atom stereocenters. The molecule has 0 radical (unpaired) electrons. The molecule has 0 bridgehead atoms. The number of carbonyl (C=O) groups is 1. The minimum absolute atomic E-state index is 0.117. The van der Waals surface area contributed by atoms with E-state index in [0.717, 1.165) is 6.54 Å². The highest BCUT2D eigenvalue weighted by Crippen LogP contribution is 2.03. The number of nitrogens with zero attached hydrogens (tertiary/aromatic N) is 1. The largest absolute Gasteiger partial charge is 0.395 e. The predicted octanol–water partition coefficient (Wildman–Crippen LogP) is 0.295. The van der Waals surface area contributed by atoms with Gasteiger partial charge in [0.15, 0.2) is 0 Å². The molecule has 0 aliphatic heterocycles. The summed E-state index contributed by atoms with van der Waals surface area (Å²) in [4.78, 5) is 13.0. The molecule has 0 aliphatic rings. The third-order valence-corrected chi connectivity index (χ3v) is 2.18. The van der Waals surface area contributed by atoms with Gasteiger partial charge < -0.3 is 9.84 Å². The quantitative estimate of drug-likeness (QED) is 0.616. The fourth-order valence-electron chi connectivity index (χ4n) is 1.43. The Morgan fingerprint density at radius 3 is 2.57 bits per heavy atom. The van der Waals surface area contributed by atoms with Crippen molar-refractivity contribution in [3.63, 3.8) is 0 Å². The maximum Gasteiger partial charge on any atom is 0.131 e. The van der Waals surface area contributed by atoms with E-state index in [9.17, 15) is 4.79 Å². The second kappa shape index (κ2) is 7.91. The zero-order valence-electron chi connectivity index (χ0n) is 9.32. The van der Waals surface area contributed by atoms with E-state index in [-0.39, 0.29) is 18.4 Å². The zero-order valence-corrected chi connectivity index (χ0v) is 9.32. The lowest BCUT2D eigenvalue weighted by Gasteiger charge is -2.27. The first-order valence-corrected chi connectivity index (χ1v) is 4.95. The number of rotatable bonds is 8. The molecular weight excluding hydrogens is 182 g/mol. The Hall–Kier alpha value is -0.450. The van der Waals surface area contributed by atoms with E-state index in [4.69, 9.17) is 9.84 Å². The van der Waals surface area contributed by atoms with Gasteiger partial charge in [-0.1, -0.05) is 0 Å². The highest BCUT2D eigenvalue weighted by atomic mass is 16.5. The fourth-order valence-corrected chi connectivity index (χ4v) is 1.43. The highest BCUT2D eigenvalue weighted by molar-refractivity contribution is 5.76. The zero-order chi connectivity index (χ0) is 11.0. The van der Waals surface area contributed by atoms with E-state index in [0.29, 0.717) is 19.6 Å². The molecule has 0 fully saturated rings. The van der Waals surface area contributed by atoms with Crippen molar-refractivity contribution in [3.8, 4) is 0 Å². The smallest absolute Gasteiger partial charge is 0.131 e. The summed E-state index contributed by atoms with van der Waals surface area (Å²) in [6.07, 6.45) is 0.531. The third kappa shape index (κ3) is 6.07. The van der Waals surface area contributed by atoms with Crippen LogP contribution in [-0.2, 0) is 9.53 Å². The number of Topliss-reactive ketones (excluding diaryl/α,β-unsaturated/α-hetero) is 1. The van der Waals surface area contributed by atoms with Gasteiger partial charge in [0.2, 0.25) is 0 Å².